The molecule has 2 N–H and O–H groups in total. The van der Waals surface area contributed by atoms with Gasteiger partial charge in [0.05, 0.1) is 12.3 Å². The van der Waals surface area contributed by atoms with Gasteiger partial charge in [-0.15, -0.1) is 0 Å². The largest absolute Gasteiger partial charge is 0.489 e. The van der Waals surface area contributed by atoms with Crippen molar-refractivity contribution >= 4 is 11.8 Å². The highest BCUT2D eigenvalue weighted by molar-refractivity contribution is 5.89. The molecule has 1 amide bonds. The first kappa shape index (κ1) is 16.7. The maximum atomic E-state index is 13.0. The molecular formula is C17H16FN3O4. The third-order valence-corrected chi connectivity index (χ3v) is 3.59. The summed E-state index contributed by atoms with van der Waals surface area (Å²) in [5.74, 6) is 0.0813. The van der Waals surface area contributed by atoms with Gasteiger partial charge in [-0.25, -0.2) is 9.78 Å². The lowest BCUT2D eigenvalue weighted by atomic mass is 10.1. The van der Waals surface area contributed by atoms with E-state index in [1.807, 2.05) is 18.2 Å². The van der Waals surface area contributed by atoms with Crippen LogP contribution in [-0.4, -0.2) is 41.2 Å². The van der Waals surface area contributed by atoms with Crippen molar-refractivity contribution in [1.82, 2.24) is 10.3 Å². The number of carbonyl (C=O) groups is 1. The Morgan fingerprint density at radius 3 is 2.96 bits per heavy atom. The van der Waals surface area contributed by atoms with Crippen LogP contribution in [0.15, 0.2) is 47.8 Å². The number of ether oxygens (including phenoxy) is 1. The number of oxime groups is 1. The number of aromatic nitrogens is 1. The Morgan fingerprint density at radius 2 is 2.20 bits per heavy atom. The first-order valence-electron chi connectivity index (χ1n) is 7.64. The number of halogens is 1. The Balaban J connectivity index is 1.60. The second-order valence-electron chi connectivity index (χ2n) is 5.42. The van der Waals surface area contributed by atoms with Crippen molar-refractivity contribution in [2.45, 2.75) is 12.5 Å². The van der Waals surface area contributed by atoms with Crippen molar-refractivity contribution in [3.63, 3.8) is 0 Å². The second kappa shape index (κ2) is 7.61. The lowest BCUT2D eigenvalue weighted by Crippen LogP contribution is -2.28. The lowest BCUT2D eigenvalue weighted by molar-refractivity contribution is 0.0472. The Morgan fingerprint density at radius 1 is 1.36 bits per heavy atom. The van der Waals surface area contributed by atoms with Gasteiger partial charge in [0.15, 0.2) is 6.10 Å². The Bertz CT molecular complexity index is 780. The van der Waals surface area contributed by atoms with E-state index in [0.29, 0.717) is 17.9 Å². The summed E-state index contributed by atoms with van der Waals surface area (Å²) in [6.45, 7) is 0.384. The number of carboxylic acid groups (broad SMARTS) is 1. The number of amides is 1. The van der Waals surface area contributed by atoms with E-state index < -0.39 is 12.0 Å². The SMILES string of the molecule is O=C(O)NCC1=NOC(COc2ccccc2-c2ccc(F)nc2)C1. The van der Waals surface area contributed by atoms with Crippen molar-refractivity contribution in [1.29, 1.82) is 0 Å². The van der Waals surface area contributed by atoms with Gasteiger partial charge in [0.25, 0.3) is 0 Å². The highest BCUT2D eigenvalue weighted by atomic mass is 19.1. The van der Waals surface area contributed by atoms with E-state index in [1.54, 1.807) is 12.1 Å². The first-order chi connectivity index (χ1) is 12.1. The Hall–Kier alpha value is -3.16. The van der Waals surface area contributed by atoms with Crippen LogP contribution in [0.4, 0.5) is 9.18 Å². The highest BCUT2D eigenvalue weighted by Crippen LogP contribution is 2.29. The Labute approximate surface area is 143 Å². The summed E-state index contributed by atoms with van der Waals surface area (Å²) in [7, 11) is 0. The summed E-state index contributed by atoms with van der Waals surface area (Å²) in [4.78, 5) is 19.4. The number of nitrogens with zero attached hydrogens (tertiary/aromatic N) is 2. The minimum atomic E-state index is -1.11. The molecule has 0 bridgehead atoms. The number of pyridine rings is 1. The molecule has 1 aromatic heterocycles. The van der Waals surface area contributed by atoms with Crippen molar-refractivity contribution in [2.75, 3.05) is 13.2 Å². The lowest BCUT2D eigenvalue weighted by Gasteiger charge is -2.14. The van der Waals surface area contributed by atoms with Gasteiger partial charge in [-0.3, -0.25) is 0 Å². The van der Waals surface area contributed by atoms with Gasteiger partial charge in [0.2, 0.25) is 5.95 Å². The normalized spacial score (nSPS) is 16.0. The molecule has 1 atom stereocenters. The predicted molar refractivity (Wildman–Crippen MR) is 88.1 cm³/mol. The molecule has 1 aliphatic heterocycles. The summed E-state index contributed by atoms with van der Waals surface area (Å²) < 4.78 is 18.8. The third kappa shape index (κ3) is 4.43. The fourth-order valence-corrected chi connectivity index (χ4v) is 2.41. The number of hydrogen-bond donors (Lipinski definition) is 2. The molecule has 0 fully saturated rings. The van der Waals surface area contributed by atoms with Gasteiger partial charge in [0, 0.05) is 23.7 Å². The molecule has 130 valence electrons. The van der Waals surface area contributed by atoms with E-state index in [-0.39, 0.29) is 19.3 Å². The maximum Gasteiger partial charge on any atom is 0.404 e. The zero-order chi connectivity index (χ0) is 17.6. The van der Waals surface area contributed by atoms with Crippen LogP contribution >= 0.6 is 0 Å². The minimum Gasteiger partial charge on any atom is -0.489 e. The summed E-state index contributed by atoms with van der Waals surface area (Å²) in [5.41, 5.74) is 2.15. The van der Waals surface area contributed by atoms with Crippen LogP contribution < -0.4 is 10.1 Å². The zero-order valence-electron chi connectivity index (χ0n) is 13.2. The van der Waals surface area contributed by atoms with E-state index in [2.05, 4.69) is 15.5 Å². The fraction of sp³-hybridized carbons (Fsp3) is 0.235. The number of benzene rings is 1. The van der Waals surface area contributed by atoms with Crippen molar-refractivity contribution < 1.29 is 23.9 Å². The quantitative estimate of drug-likeness (QED) is 0.785. The molecule has 3 rings (SSSR count). The first-order valence-corrected chi connectivity index (χ1v) is 7.64. The summed E-state index contributed by atoms with van der Waals surface area (Å²) in [6, 6.07) is 10.3. The molecule has 1 aliphatic rings. The summed E-state index contributed by atoms with van der Waals surface area (Å²) in [6.07, 6.45) is 0.539. The molecule has 8 heteroatoms. The number of rotatable bonds is 6. The molecule has 2 heterocycles. The highest BCUT2D eigenvalue weighted by Gasteiger charge is 2.22. The summed E-state index contributed by atoms with van der Waals surface area (Å²) in [5, 5.41) is 14.7. The van der Waals surface area contributed by atoms with E-state index in [0.717, 1.165) is 11.1 Å². The number of nitrogens with one attached hydrogen (secondary N) is 1. The van der Waals surface area contributed by atoms with Crippen LogP contribution in [0.25, 0.3) is 11.1 Å². The molecule has 0 radical (unpaired) electrons. The zero-order valence-corrected chi connectivity index (χ0v) is 13.2. The van der Waals surface area contributed by atoms with Crippen LogP contribution in [0.3, 0.4) is 0 Å². The molecule has 0 spiro atoms. The second-order valence-corrected chi connectivity index (χ2v) is 5.42. The molecular weight excluding hydrogens is 329 g/mol. The third-order valence-electron chi connectivity index (χ3n) is 3.59. The average molecular weight is 345 g/mol. The molecule has 2 aromatic rings. The van der Waals surface area contributed by atoms with Gasteiger partial charge < -0.3 is 20.0 Å². The molecule has 1 aromatic carbocycles. The maximum absolute atomic E-state index is 13.0. The minimum absolute atomic E-state index is 0.129. The van der Waals surface area contributed by atoms with Crippen LogP contribution in [0, 0.1) is 5.95 Å². The van der Waals surface area contributed by atoms with Crippen molar-refractivity contribution in [3.8, 4) is 16.9 Å². The predicted octanol–water partition coefficient (Wildman–Crippen LogP) is 2.68. The average Bonchev–Trinajstić information content (AvgIpc) is 3.07. The van der Waals surface area contributed by atoms with Crippen molar-refractivity contribution in [3.05, 3.63) is 48.5 Å². The smallest absolute Gasteiger partial charge is 0.404 e. The topological polar surface area (TPSA) is 93.0 Å². The standard InChI is InChI=1S/C17H16FN3O4/c18-16-6-5-11(8-19-16)14-3-1-2-4-15(14)24-10-13-7-12(21-25-13)9-20-17(22)23/h1-6,8,13,20H,7,9-10H2,(H,22,23). The van der Waals surface area contributed by atoms with Gasteiger partial charge in [-0.1, -0.05) is 23.4 Å². The molecule has 7 nitrogen and oxygen atoms in total. The van der Waals surface area contributed by atoms with E-state index in [9.17, 15) is 9.18 Å². The molecule has 25 heavy (non-hydrogen) atoms. The molecule has 1 unspecified atom stereocenters. The Kier molecular flexibility index (Phi) is 5.08. The van der Waals surface area contributed by atoms with Gasteiger partial charge in [-0.2, -0.15) is 4.39 Å². The molecule has 0 saturated heterocycles. The summed E-state index contributed by atoms with van der Waals surface area (Å²) >= 11 is 0. The van der Waals surface area contributed by atoms with Crippen LogP contribution in [0.2, 0.25) is 0 Å². The van der Waals surface area contributed by atoms with Gasteiger partial charge >= 0.3 is 6.09 Å². The molecule has 0 saturated carbocycles. The molecule has 0 aliphatic carbocycles. The number of hydrogen-bond acceptors (Lipinski definition) is 5. The van der Waals surface area contributed by atoms with Crippen LogP contribution in [0.5, 0.6) is 5.75 Å². The van der Waals surface area contributed by atoms with E-state index in [1.165, 1.54) is 12.3 Å². The van der Waals surface area contributed by atoms with Crippen LogP contribution in [0.1, 0.15) is 6.42 Å². The van der Waals surface area contributed by atoms with E-state index >= 15 is 0 Å². The number of para-hydroxylation sites is 1. The van der Waals surface area contributed by atoms with Gasteiger partial charge in [0.1, 0.15) is 12.4 Å². The van der Waals surface area contributed by atoms with Crippen molar-refractivity contribution in [2.24, 2.45) is 5.16 Å². The van der Waals surface area contributed by atoms with E-state index in [4.69, 9.17) is 14.7 Å². The monoisotopic (exact) mass is 345 g/mol. The van der Waals surface area contributed by atoms with Gasteiger partial charge in [-0.05, 0) is 18.2 Å². The fourth-order valence-electron chi connectivity index (χ4n) is 2.41. The van der Waals surface area contributed by atoms with Crippen LogP contribution in [-0.2, 0) is 4.84 Å².